The molecule has 20 heavy (non-hydrogen) atoms. The lowest BCUT2D eigenvalue weighted by molar-refractivity contribution is 0.0697. The van der Waals surface area contributed by atoms with E-state index in [1.165, 1.54) is 12.8 Å². The molecule has 0 rings (SSSR count). The van der Waals surface area contributed by atoms with E-state index < -0.39 is 33.6 Å². The number of rotatable bonds is 10. The molecular formula is C12H29NO6P+. The van der Waals surface area contributed by atoms with E-state index in [2.05, 4.69) is 18.4 Å². The van der Waals surface area contributed by atoms with Crippen molar-refractivity contribution in [2.45, 2.75) is 45.1 Å². The molecule has 0 aliphatic carbocycles. The first-order chi connectivity index (χ1) is 9.38. The number of hydrogen-bond donors (Lipinski definition) is 5. The molecule has 0 amide bonds. The molecule has 0 saturated heterocycles. The van der Waals surface area contributed by atoms with Crippen LogP contribution in [-0.2, 0) is 9.09 Å². The van der Waals surface area contributed by atoms with E-state index in [1.54, 1.807) is 0 Å². The van der Waals surface area contributed by atoms with Crippen molar-refractivity contribution in [2.75, 3.05) is 26.4 Å². The summed E-state index contributed by atoms with van der Waals surface area (Å²) < 4.78 is 14.9. The smallest absolute Gasteiger partial charge is 0.394 e. The van der Waals surface area contributed by atoms with E-state index >= 15 is 0 Å². The highest BCUT2D eigenvalue weighted by Gasteiger charge is 2.20. The van der Waals surface area contributed by atoms with E-state index in [-0.39, 0.29) is 0 Å². The van der Waals surface area contributed by atoms with Gasteiger partial charge >= 0.3 is 8.25 Å². The van der Waals surface area contributed by atoms with Gasteiger partial charge in [-0.1, -0.05) is 33.1 Å². The number of unbranched alkanes of at least 4 members (excludes halogenated alkanes) is 1. The highest BCUT2D eigenvalue weighted by molar-refractivity contribution is 7.32. The number of nitrogens with two attached hydrogens (primary N) is 1. The van der Waals surface area contributed by atoms with Crippen LogP contribution in [0, 0.1) is 5.92 Å². The average Bonchev–Trinajstić information content (AvgIpc) is 2.47. The van der Waals surface area contributed by atoms with Crippen molar-refractivity contribution < 1.29 is 29.3 Å². The zero-order valence-corrected chi connectivity index (χ0v) is 13.3. The van der Waals surface area contributed by atoms with Crippen molar-refractivity contribution in [3.8, 4) is 0 Å². The summed E-state index contributed by atoms with van der Waals surface area (Å²) in [6, 6.07) is 0. The van der Waals surface area contributed by atoms with Crippen molar-refractivity contribution in [1.82, 2.24) is 0 Å². The summed E-state index contributed by atoms with van der Waals surface area (Å²) in [6.07, 6.45) is 4.45. The highest BCUT2D eigenvalue weighted by Crippen LogP contribution is 2.20. The maximum Gasteiger partial charge on any atom is 0.694 e. The van der Waals surface area contributed by atoms with E-state index in [9.17, 15) is 4.57 Å². The van der Waals surface area contributed by atoms with Gasteiger partial charge in [-0.25, -0.2) is 0 Å². The van der Waals surface area contributed by atoms with E-state index in [0.29, 0.717) is 12.5 Å². The molecule has 0 aromatic rings. The molecule has 0 fully saturated rings. The second-order valence-electron chi connectivity index (χ2n) is 4.79. The van der Waals surface area contributed by atoms with Gasteiger partial charge in [0.2, 0.25) is 0 Å². The minimum Gasteiger partial charge on any atom is -0.394 e. The van der Waals surface area contributed by atoms with Gasteiger partial charge in [-0.05, 0) is 12.3 Å². The molecule has 6 N–H and O–H groups in total. The van der Waals surface area contributed by atoms with Gasteiger partial charge in [0.25, 0.3) is 0 Å². The van der Waals surface area contributed by atoms with Crippen LogP contribution < -0.4 is 5.73 Å². The predicted molar refractivity (Wildman–Crippen MR) is 77.3 cm³/mol. The molecule has 0 aromatic heterocycles. The first-order valence-electron chi connectivity index (χ1n) is 6.79. The first-order valence-corrected chi connectivity index (χ1v) is 7.92. The van der Waals surface area contributed by atoms with E-state index in [4.69, 9.17) is 25.9 Å². The summed E-state index contributed by atoms with van der Waals surface area (Å²) >= 11 is 0. The average molecular weight is 314 g/mol. The van der Waals surface area contributed by atoms with Gasteiger partial charge in [-0.3, -0.25) is 0 Å². The van der Waals surface area contributed by atoms with Crippen LogP contribution >= 0.6 is 8.25 Å². The SMILES string of the molecule is CCCCC(CC)CO[P+](=O)O.NC(CO)(CO)CO. The molecule has 0 spiro atoms. The molecular weight excluding hydrogens is 285 g/mol. The lowest BCUT2D eigenvalue weighted by Crippen LogP contribution is -2.50. The quantitative estimate of drug-likeness (QED) is 0.371. The third-order valence-electron chi connectivity index (χ3n) is 2.91. The van der Waals surface area contributed by atoms with Crippen LogP contribution in [-0.4, -0.2) is 52.2 Å². The monoisotopic (exact) mass is 314 g/mol. The Hall–Kier alpha value is -0.140. The molecule has 2 unspecified atom stereocenters. The van der Waals surface area contributed by atoms with Crippen molar-refractivity contribution >= 4 is 8.25 Å². The third kappa shape index (κ3) is 12.9. The molecule has 8 heteroatoms. The number of aliphatic hydroxyl groups excluding tert-OH is 3. The molecule has 0 heterocycles. The highest BCUT2D eigenvalue weighted by atomic mass is 31.1. The zero-order chi connectivity index (χ0) is 16.0. The van der Waals surface area contributed by atoms with Crippen LogP contribution in [0.25, 0.3) is 0 Å². The molecule has 0 aliphatic rings. The van der Waals surface area contributed by atoms with Gasteiger partial charge in [0.1, 0.15) is 6.61 Å². The molecule has 0 aromatic carbocycles. The molecule has 7 nitrogen and oxygen atoms in total. The van der Waals surface area contributed by atoms with Crippen LogP contribution in [0.1, 0.15) is 39.5 Å². The summed E-state index contributed by atoms with van der Waals surface area (Å²) in [5.74, 6) is 0.441. The summed E-state index contributed by atoms with van der Waals surface area (Å²) in [7, 11) is -2.40. The molecule has 0 aliphatic heterocycles. The minimum absolute atomic E-state index is 0.403. The van der Waals surface area contributed by atoms with Gasteiger partial charge < -0.3 is 21.1 Å². The van der Waals surface area contributed by atoms with Gasteiger partial charge in [0.15, 0.2) is 0 Å². The van der Waals surface area contributed by atoms with Crippen molar-refractivity contribution in [3.05, 3.63) is 0 Å². The standard InChI is InChI=1S/C8H17O3P.C4H11NO3/c1-3-5-6-8(4-2)7-11-12(9)10;5-4(1-6,2-7)3-8/h8H,3-7H2,1-2H3;6-8H,1-3,5H2/p+1. The molecule has 122 valence electrons. The minimum atomic E-state index is -2.40. The summed E-state index contributed by atoms with van der Waals surface area (Å²) in [4.78, 5) is 8.41. The Kier molecular flexibility index (Phi) is 15.3. The molecule has 2 atom stereocenters. The fourth-order valence-electron chi connectivity index (χ4n) is 1.22. The Bertz CT molecular complexity index is 230. The van der Waals surface area contributed by atoms with Crippen LogP contribution in [0.5, 0.6) is 0 Å². The van der Waals surface area contributed by atoms with Gasteiger partial charge in [0.05, 0.1) is 25.4 Å². The van der Waals surface area contributed by atoms with E-state index in [1.807, 2.05) is 0 Å². The topological polar surface area (TPSA) is 133 Å². The van der Waals surface area contributed by atoms with Crippen molar-refractivity contribution in [1.29, 1.82) is 0 Å². The fraction of sp³-hybridized carbons (Fsp3) is 1.00. The second kappa shape index (κ2) is 13.8. The summed E-state index contributed by atoms with van der Waals surface area (Å²) in [5, 5.41) is 25.0. The predicted octanol–water partition coefficient (Wildman–Crippen LogP) is 0.530. The maximum atomic E-state index is 10.2. The Morgan fingerprint density at radius 2 is 1.70 bits per heavy atom. The van der Waals surface area contributed by atoms with Gasteiger partial charge in [-0.2, -0.15) is 0 Å². The summed E-state index contributed by atoms with van der Waals surface area (Å²) in [5.41, 5.74) is 3.94. The Labute approximate surface area is 121 Å². The summed E-state index contributed by atoms with van der Waals surface area (Å²) in [6.45, 7) is 3.43. The third-order valence-corrected chi connectivity index (χ3v) is 3.28. The van der Waals surface area contributed by atoms with Gasteiger partial charge in [0, 0.05) is 4.57 Å². The second-order valence-corrected chi connectivity index (χ2v) is 5.52. The molecule has 0 saturated carbocycles. The fourth-order valence-corrected chi connectivity index (χ4v) is 1.56. The Morgan fingerprint density at radius 1 is 1.20 bits per heavy atom. The first kappa shape index (κ1) is 22.1. The largest absolute Gasteiger partial charge is 0.694 e. The lowest BCUT2D eigenvalue weighted by atomic mass is 10.0. The number of aliphatic hydroxyl groups is 3. The maximum absolute atomic E-state index is 10.2. The van der Waals surface area contributed by atoms with Crippen LogP contribution in [0.2, 0.25) is 0 Å². The lowest BCUT2D eigenvalue weighted by Gasteiger charge is -2.20. The number of hydrogen-bond acceptors (Lipinski definition) is 6. The molecule has 0 radical (unpaired) electrons. The van der Waals surface area contributed by atoms with Crippen LogP contribution in [0.3, 0.4) is 0 Å². The van der Waals surface area contributed by atoms with E-state index in [0.717, 1.165) is 12.8 Å². The van der Waals surface area contributed by atoms with Gasteiger partial charge in [-0.15, -0.1) is 9.42 Å². The Balaban J connectivity index is 0. The van der Waals surface area contributed by atoms with Crippen LogP contribution in [0.15, 0.2) is 0 Å². The Morgan fingerprint density at radius 3 is 1.95 bits per heavy atom. The van der Waals surface area contributed by atoms with Crippen molar-refractivity contribution in [3.63, 3.8) is 0 Å². The van der Waals surface area contributed by atoms with Crippen molar-refractivity contribution in [2.24, 2.45) is 11.7 Å². The molecule has 0 bridgehead atoms. The zero-order valence-electron chi connectivity index (χ0n) is 12.4. The van der Waals surface area contributed by atoms with Crippen LogP contribution in [0.4, 0.5) is 0 Å². The normalized spacial score (nSPS) is 13.4.